The van der Waals surface area contributed by atoms with Crippen molar-refractivity contribution in [3.05, 3.63) is 41.1 Å². The second kappa shape index (κ2) is 4.67. The number of phenolic OH excluding ortho intramolecular Hbond substituents is 1. The predicted molar refractivity (Wildman–Crippen MR) is 63.5 cm³/mol. The van der Waals surface area contributed by atoms with Gasteiger partial charge in [-0.1, -0.05) is 18.5 Å². The molecule has 88 valence electrons. The van der Waals surface area contributed by atoms with E-state index in [4.69, 9.17) is 16.7 Å². The van der Waals surface area contributed by atoms with Gasteiger partial charge in [-0.2, -0.15) is 0 Å². The van der Waals surface area contributed by atoms with Gasteiger partial charge < -0.3 is 5.11 Å². The Hall–Kier alpha value is -1.68. The van der Waals surface area contributed by atoms with Crippen molar-refractivity contribution in [1.29, 1.82) is 0 Å². The lowest BCUT2D eigenvalue weighted by Crippen LogP contribution is -1.96. The van der Waals surface area contributed by atoms with Crippen LogP contribution in [0.15, 0.2) is 24.5 Å². The quantitative estimate of drug-likeness (QED) is 0.893. The van der Waals surface area contributed by atoms with E-state index in [1.165, 1.54) is 18.5 Å². The van der Waals surface area contributed by atoms with Crippen molar-refractivity contribution < 1.29 is 9.50 Å². The highest BCUT2D eigenvalue weighted by Gasteiger charge is 2.13. The van der Waals surface area contributed by atoms with Gasteiger partial charge in [0, 0.05) is 11.6 Å². The lowest BCUT2D eigenvalue weighted by atomic mass is 10.1. The Morgan fingerprint density at radius 2 is 2.12 bits per heavy atom. The van der Waals surface area contributed by atoms with Crippen molar-refractivity contribution in [2.75, 3.05) is 0 Å². The number of phenols is 1. The van der Waals surface area contributed by atoms with Gasteiger partial charge in [0.2, 0.25) is 0 Å². The summed E-state index contributed by atoms with van der Waals surface area (Å²) in [6.07, 6.45) is 2.00. The predicted octanol–water partition coefficient (Wildman–Crippen LogP) is 3.20. The summed E-state index contributed by atoms with van der Waals surface area (Å²) in [6.45, 7) is 1.91. The smallest absolute Gasteiger partial charge is 0.136 e. The van der Waals surface area contributed by atoms with Gasteiger partial charge >= 0.3 is 0 Å². The average Bonchev–Trinajstić information content (AvgIpc) is 2.30. The second-order valence-electron chi connectivity index (χ2n) is 3.50. The molecule has 0 radical (unpaired) electrons. The first-order chi connectivity index (χ1) is 8.13. The zero-order valence-corrected chi connectivity index (χ0v) is 9.87. The number of hydrogen-bond acceptors (Lipinski definition) is 3. The average molecular weight is 253 g/mol. The van der Waals surface area contributed by atoms with Gasteiger partial charge in [0.05, 0.1) is 16.4 Å². The Morgan fingerprint density at radius 3 is 2.76 bits per heavy atom. The molecular weight excluding hydrogens is 243 g/mol. The molecule has 3 nitrogen and oxygen atoms in total. The van der Waals surface area contributed by atoms with Crippen molar-refractivity contribution >= 4 is 11.6 Å². The van der Waals surface area contributed by atoms with Gasteiger partial charge in [-0.05, 0) is 18.6 Å². The van der Waals surface area contributed by atoms with Crippen molar-refractivity contribution in [2.24, 2.45) is 0 Å². The van der Waals surface area contributed by atoms with Gasteiger partial charge in [0.25, 0.3) is 0 Å². The molecule has 0 spiro atoms. The molecule has 0 aliphatic heterocycles. The highest BCUT2D eigenvalue weighted by Crippen LogP contribution is 2.30. The summed E-state index contributed by atoms with van der Waals surface area (Å²) in [5.74, 6) is -0.695. The number of hydrogen-bond donors (Lipinski definition) is 1. The number of aromatic nitrogens is 2. The number of aryl methyl sites for hydroxylation is 1. The van der Waals surface area contributed by atoms with Gasteiger partial charge in [0.15, 0.2) is 0 Å². The molecule has 0 aliphatic carbocycles. The first-order valence-electron chi connectivity index (χ1n) is 5.11. The van der Waals surface area contributed by atoms with Gasteiger partial charge in [-0.15, -0.1) is 0 Å². The number of rotatable bonds is 2. The third-order valence-corrected chi connectivity index (χ3v) is 2.80. The van der Waals surface area contributed by atoms with E-state index in [2.05, 4.69) is 9.97 Å². The van der Waals surface area contributed by atoms with Crippen LogP contribution in [0, 0.1) is 5.82 Å². The maximum Gasteiger partial charge on any atom is 0.136 e. The monoisotopic (exact) mass is 252 g/mol. The van der Waals surface area contributed by atoms with Crippen LogP contribution in [0.4, 0.5) is 4.39 Å². The first kappa shape index (κ1) is 11.8. The molecule has 5 heteroatoms. The van der Waals surface area contributed by atoms with Crippen molar-refractivity contribution in [3.63, 3.8) is 0 Å². The van der Waals surface area contributed by atoms with E-state index >= 15 is 0 Å². The van der Waals surface area contributed by atoms with E-state index in [9.17, 15) is 4.39 Å². The van der Waals surface area contributed by atoms with E-state index in [0.717, 1.165) is 6.07 Å². The molecule has 0 atom stereocenters. The van der Waals surface area contributed by atoms with E-state index in [0.29, 0.717) is 22.8 Å². The SMILES string of the molecule is CCc1ncnc(-c2ccc(O)cc2F)c1Cl. The minimum atomic E-state index is -0.562. The van der Waals surface area contributed by atoms with Crippen molar-refractivity contribution in [2.45, 2.75) is 13.3 Å². The van der Waals surface area contributed by atoms with Gasteiger partial charge in [0.1, 0.15) is 17.9 Å². The van der Waals surface area contributed by atoms with Crippen molar-refractivity contribution in [3.8, 4) is 17.0 Å². The Balaban J connectivity index is 2.60. The summed E-state index contributed by atoms with van der Waals surface area (Å²) in [4.78, 5) is 8.00. The van der Waals surface area contributed by atoms with E-state index in [-0.39, 0.29) is 11.3 Å². The molecular formula is C12H10ClFN2O. The van der Waals surface area contributed by atoms with E-state index in [1.54, 1.807) is 0 Å². The number of nitrogens with zero attached hydrogens (tertiary/aromatic N) is 2. The van der Waals surface area contributed by atoms with Gasteiger partial charge in [-0.25, -0.2) is 14.4 Å². The summed E-state index contributed by atoms with van der Waals surface area (Å²) in [5.41, 5.74) is 1.27. The zero-order chi connectivity index (χ0) is 12.4. The summed E-state index contributed by atoms with van der Waals surface area (Å²) in [7, 11) is 0. The van der Waals surface area contributed by atoms with Crippen LogP contribution in [-0.2, 0) is 6.42 Å². The highest BCUT2D eigenvalue weighted by molar-refractivity contribution is 6.33. The molecule has 1 heterocycles. The van der Waals surface area contributed by atoms with Crippen LogP contribution < -0.4 is 0 Å². The molecule has 1 aromatic heterocycles. The van der Waals surface area contributed by atoms with Crippen LogP contribution in [0.3, 0.4) is 0 Å². The molecule has 17 heavy (non-hydrogen) atoms. The first-order valence-corrected chi connectivity index (χ1v) is 5.49. The Labute approximate surface area is 103 Å². The number of halogens is 2. The van der Waals surface area contributed by atoms with Crippen LogP contribution >= 0.6 is 11.6 Å². The third-order valence-electron chi connectivity index (χ3n) is 2.40. The molecule has 0 bridgehead atoms. The molecule has 0 aliphatic rings. The minimum Gasteiger partial charge on any atom is -0.508 e. The number of aromatic hydroxyl groups is 1. The van der Waals surface area contributed by atoms with Crippen LogP contribution in [0.5, 0.6) is 5.75 Å². The Bertz CT molecular complexity index is 560. The number of benzene rings is 1. The third kappa shape index (κ3) is 2.22. The molecule has 1 aromatic carbocycles. The topological polar surface area (TPSA) is 46.0 Å². The maximum absolute atomic E-state index is 13.7. The minimum absolute atomic E-state index is 0.132. The fourth-order valence-corrected chi connectivity index (χ4v) is 1.87. The fraction of sp³-hybridized carbons (Fsp3) is 0.167. The molecule has 2 aromatic rings. The van der Waals surface area contributed by atoms with E-state index in [1.807, 2.05) is 6.92 Å². The highest BCUT2D eigenvalue weighted by atomic mass is 35.5. The Morgan fingerprint density at radius 1 is 1.35 bits per heavy atom. The second-order valence-corrected chi connectivity index (χ2v) is 3.88. The summed E-state index contributed by atoms with van der Waals surface area (Å²) in [5, 5.41) is 9.50. The van der Waals surface area contributed by atoms with E-state index < -0.39 is 5.82 Å². The molecule has 0 saturated carbocycles. The molecule has 0 saturated heterocycles. The summed E-state index contributed by atoms with van der Waals surface area (Å²) < 4.78 is 13.7. The summed E-state index contributed by atoms with van der Waals surface area (Å²) in [6, 6.07) is 3.86. The maximum atomic E-state index is 13.7. The molecule has 0 unspecified atom stereocenters. The van der Waals surface area contributed by atoms with Crippen LogP contribution in [0.2, 0.25) is 5.02 Å². The summed E-state index contributed by atoms with van der Waals surface area (Å²) >= 11 is 6.10. The lowest BCUT2D eigenvalue weighted by molar-refractivity contribution is 0.469. The molecule has 0 amide bonds. The molecule has 1 N–H and O–H groups in total. The molecule has 0 fully saturated rings. The zero-order valence-electron chi connectivity index (χ0n) is 9.11. The lowest BCUT2D eigenvalue weighted by Gasteiger charge is -2.07. The van der Waals surface area contributed by atoms with Crippen molar-refractivity contribution in [1.82, 2.24) is 9.97 Å². The van der Waals surface area contributed by atoms with Crippen LogP contribution in [0.25, 0.3) is 11.3 Å². The standard InChI is InChI=1S/C12H10ClFN2O/c1-2-10-11(13)12(16-6-15-10)8-4-3-7(17)5-9(8)14/h3-6,17H,2H2,1H3. The Kier molecular flexibility index (Phi) is 3.24. The van der Waals surface area contributed by atoms with Crippen LogP contribution in [0.1, 0.15) is 12.6 Å². The van der Waals surface area contributed by atoms with Crippen LogP contribution in [-0.4, -0.2) is 15.1 Å². The largest absolute Gasteiger partial charge is 0.508 e. The fourth-order valence-electron chi connectivity index (χ4n) is 1.54. The normalized spacial score (nSPS) is 10.5. The molecule has 2 rings (SSSR count). The van der Waals surface area contributed by atoms with Gasteiger partial charge in [-0.3, -0.25) is 0 Å².